The predicted octanol–water partition coefficient (Wildman–Crippen LogP) is 3.22. The van der Waals surface area contributed by atoms with Crippen molar-refractivity contribution in [1.29, 1.82) is 0 Å². The zero-order valence-corrected chi connectivity index (χ0v) is 13.3. The highest BCUT2D eigenvalue weighted by Crippen LogP contribution is 2.45. The van der Waals surface area contributed by atoms with E-state index in [1.807, 2.05) is 18.7 Å². The fourth-order valence-corrected chi connectivity index (χ4v) is 3.81. The number of nitrogens with zero attached hydrogens (tertiary/aromatic N) is 2. The molecule has 1 aromatic rings. The van der Waals surface area contributed by atoms with Gasteiger partial charge in [0.1, 0.15) is 0 Å². The number of aliphatic hydroxyl groups is 1. The zero-order chi connectivity index (χ0) is 13.5. The van der Waals surface area contributed by atoms with Crippen molar-refractivity contribution >= 4 is 15.9 Å². The van der Waals surface area contributed by atoms with E-state index in [2.05, 4.69) is 34.9 Å². The molecule has 102 valence electrons. The molecule has 1 aromatic heterocycles. The molecule has 4 heteroatoms. The molecule has 0 amide bonds. The molecule has 1 fully saturated rings. The summed E-state index contributed by atoms with van der Waals surface area (Å²) in [6.07, 6.45) is 4.02. The largest absolute Gasteiger partial charge is 0.392 e. The first kappa shape index (κ1) is 14.1. The van der Waals surface area contributed by atoms with Gasteiger partial charge in [0.2, 0.25) is 0 Å². The average molecular weight is 315 g/mol. The molecule has 0 saturated heterocycles. The maximum atomic E-state index is 10.5. The molecule has 1 heterocycles. The minimum absolute atomic E-state index is 0.263. The van der Waals surface area contributed by atoms with Crippen molar-refractivity contribution in [1.82, 2.24) is 9.78 Å². The Hall–Kier alpha value is -0.350. The van der Waals surface area contributed by atoms with Gasteiger partial charge in [0.15, 0.2) is 0 Å². The average Bonchev–Trinajstić information content (AvgIpc) is 2.73. The van der Waals surface area contributed by atoms with Crippen molar-refractivity contribution in [2.45, 2.75) is 52.6 Å². The number of aryl methyl sites for hydroxylation is 2. The zero-order valence-electron chi connectivity index (χ0n) is 11.7. The molecule has 0 aromatic carbocycles. The van der Waals surface area contributed by atoms with Gasteiger partial charge in [-0.25, -0.2) is 0 Å². The van der Waals surface area contributed by atoms with E-state index in [4.69, 9.17) is 0 Å². The summed E-state index contributed by atoms with van der Waals surface area (Å²) in [6, 6.07) is 0. The third-order valence-electron chi connectivity index (χ3n) is 4.47. The molecule has 1 aliphatic carbocycles. The van der Waals surface area contributed by atoms with E-state index in [1.54, 1.807) is 0 Å². The minimum Gasteiger partial charge on any atom is -0.392 e. The number of hydrogen-bond donors (Lipinski definition) is 1. The number of aromatic nitrogens is 2. The lowest BCUT2D eigenvalue weighted by Gasteiger charge is -2.31. The van der Waals surface area contributed by atoms with E-state index in [1.165, 1.54) is 12.8 Å². The van der Waals surface area contributed by atoms with Gasteiger partial charge < -0.3 is 5.11 Å². The summed E-state index contributed by atoms with van der Waals surface area (Å²) in [7, 11) is 1.94. The second-order valence-electron chi connectivity index (χ2n) is 6.23. The fraction of sp³-hybridized carbons (Fsp3) is 0.786. The Labute approximate surface area is 118 Å². The Kier molecular flexibility index (Phi) is 3.88. The van der Waals surface area contributed by atoms with Crippen LogP contribution in [-0.2, 0) is 13.5 Å². The molecule has 2 rings (SSSR count). The summed E-state index contributed by atoms with van der Waals surface area (Å²) >= 11 is 3.57. The van der Waals surface area contributed by atoms with Crippen LogP contribution in [0.5, 0.6) is 0 Å². The molecule has 0 bridgehead atoms. The lowest BCUT2D eigenvalue weighted by atomic mass is 9.77. The topological polar surface area (TPSA) is 38.0 Å². The maximum absolute atomic E-state index is 10.5. The van der Waals surface area contributed by atoms with Crippen molar-refractivity contribution < 1.29 is 5.11 Å². The van der Waals surface area contributed by atoms with Crippen LogP contribution in [0.1, 0.15) is 44.5 Å². The summed E-state index contributed by atoms with van der Waals surface area (Å²) < 4.78 is 2.92. The molecule has 1 saturated carbocycles. The van der Waals surface area contributed by atoms with Gasteiger partial charge in [-0.3, -0.25) is 4.68 Å². The quantitative estimate of drug-likeness (QED) is 0.930. The molecule has 0 radical (unpaired) electrons. The summed E-state index contributed by atoms with van der Waals surface area (Å²) in [5, 5.41) is 14.9. The monoisotopic (exact) mass is 314 g/mol. The number of rotatable bonds is 3. The van der Waals surface area contributed by atoms with Crippen LogP contribution < -0.4 is 0 Å². The standard InChI is InChI=1S/C14H23BrN2O/c1-9-13(15)11(17(4)16-9)8-12(18)10-6-5-7-14(10,2)3/h10,12,18H,5-8H2,1-4H3. The molecule has 1 N–H and O–H groups in total. The van der Waals surface area contributed by atoms with Gasteiger partial charge in [0.25, 0.3) is 0 Å². The minimum atomic E-state index is -0.270. The number of aliphatic hydroxyl groups excluding tert-OH is 1. The van der Waals surface area contributed by atoms with E-state index in [9.17, 15) is 5.11 Å². The van der Waals surface area contributed by atoms with Gasteiger partial charge >= 0.3 is 0 Å². The lowest BCUT2D eigenvalue weighted by molar-refractivity contribution is 0.0528. The number of hydrogen-bond acceptors (Lipinski definition) is 2. The van der Waals surface area contributed by atoms with Gasteiger partial charge in [0.05, 0.1) is 22.0 Å². The van der Waals surface area contributed by atoms with Crippen LogP contribution in [0.4, 0.5) is 0 Å². The van der Waals surface area contributed by atoms with E-state index in [0.717, 1.165) is 22.3 Å². The van der Waals surface area contributed by atoms with E-state index in [-0.39, 0.29) is 11.5 Å². The second-order valence-corrected chi connectivity index (χ2v) is 7.02. The first-order valence-electron chi connectivity index (χ1n) is 6.69. The van der Waals surface area contributed by atoms with Crippen LogP contribution in [0.2, 0.25) is 0 Å². The van der Waals surface area contributed by atoms with Crippen LogP contribution >= 0.6 is 15.9 Å². The third-order valence-corrected chi connectivity index (χ3v) is 5.50. The summed E-state index contributed by atoms with van der Waals surface area (Å²) in [5.41, 5.74) is 2.35. The molecule has 2 atom stereocenters. The molecule has 18 heavy (non-hydrogen) atoms. The second kappa shape index (κ2) is 4.97. The molecule has 0 spiro atoms. The predicted molar refractivity (Wildman–Crippen MR) is 76.5 cm³/mol. The molecular formula is C14H23BrN2O. The molecule has 2 unspecified atom stereocenters. The molecule has 1 aliphatic rings. The fourth-order valence-electron chi connectivity index (χ4n) is 3.31. The van der Waals surface area contributed by atoms with Crippen LogP contribution in [0, 0.1) is 18.3 Å². The van der Waals surface area contributed by atoms with Crippen molar-refractivity contribution in [2.24, 2.45) is 18.4 Å². The van der Waals surface area contributed by atoms with Crippen LogP contribution in [-0.4, -0.2) is 21.0 Å². The highest BCUT2D eigenvalue weighted by Gasteiger charge is 2.39. The van der Waals surface area contributed by atoms with Crippen molar-refractivity contribution in [3.8, 4) is 0 Å². The maximum Gasteiger partial charge on any atom is 0.0738 e. The molecule has 3 nitrogen and oxygen atoms in total. The van der Waals surface area contributed by atoms with Crippen LogP contribution in [0.25, 0.3) is 0 Å². The van der Waals surface area contributed by atoms with Gasteiger partial charge in [-0.15, -0.1) is 0 Å². The van der Waals surface area contributed by atoms with E-state index >= 15 is 0 Å². The summed E-state index contributed by atoms with van der Waals surface area (Å²) in [5.74, 6) is 0.402. The van der Waals surface area contributed by atoms with Crippen molar-refractivity contribution in [3.05, 3.63) is 15.9 Å². The highest BCUT2D eigenvalue weighted by atomic mass is 79.9. The summed E-state index contributed by atoms with van der Waals surface area (Å²) in [6.45, 7) is 6.54. The van der Waals surface area contributed by atoms with E-state index in [0.29, 0.717) is 12.3 Å². The lowest BCUT2D eigenvalue weighted by Crippen LogP contribution is -2.31. The molecular weight excluding hydrogens is 292 g/mol. The smallest absolute Gasteiger partial charge is 0.0738 e. The van der Waals surface area contributed by atoms with Crippen LogP contribution in [0.3, 0.4) is 0 Å². The van der Waals surface area contributed by atoms with Gasteiger partial charge in [-0.1, -0.05) is 20.3 Å². The highest BCUT2D eigenvalue weighted by molar-refractivity contribution is 9.10. The van der Waals surface area contributed by atoms with Crippen molar-refractivity contribution in [3.63, 3.8) is 0 Å². The Bertz CT molecular complexity index is 439. The van der Waals surface area contributed by atoms with Gasteiger partial charge in [-0.05, 0) is 47.0 Å². The normalized spacial score (nSPS) is 24.4. The van der Waals surface area contributed by atoms with Crippen molar-refractivity contribution in [2.75, 3.05) is 0 Å². The molecule has 0 aliphatic heterocycles. The Morgan fingerprint density at radius 2 is 2.22 bits per heavy atom. The van der Waals surface area contributed by atoms with Gasteiger partial charge in [-0.2, -0.15) is 5.10 Å². The Morgan fingerprint density at radius 3 is 2.67 bits per heavy atom. The third kappa shape index (κ3) is 2.50. The summed E-state index contributed by atoms with van der Waals surface area (Å²) in [4.78, 5) is 0. The Morgan fingerprint density at radius 1 is 1.56 bits per heavy atom. The van der Waals surface area contributed by atoms with Gasteiger partial charge in [0, 0.05) is 13.5 Å². The first-order chi connectivity index (χ1) is 8.33. The van der Waals surface area contributed by atoms with Crippen LogP contribution in [0.15, 0.2) is 4.47 Å². The number of halogens is 1. The first-order valence-corrected chi connectivity index (χ1v) is 7.48. The van der Waals surface area contributed by atoms with E-state index < -0.39 is 0 Å². The SMILES string of the molecule is Cc1nn(C)c(CC(O)C2CCCC2(C)C)c1Br. The Balaban J connectivity index is 2.14.